The molecule has 2 N–H and O–H groups in total. The van der Waals surface area contributed by atoms with Gasteiger partial charge in [0.25, 0.3) is 0 Å². The molecule has 1 aromatic carbocycles. The van der Waals surface area contributed by atoms with Crippen LogP contribution in [0.1, 0.15) is 31.9 Å². The molecule has 0 spiro atoms. The SMILES string of the molecule is CCN(CC)C1CCN(C(CN)c2cc(Cl)ccc2F)C1. The summed E-state index contributed by atoms with van der Waals surface area (Å²) in [5.74, 6) is -0.221. The number of benzene rings is 1. The van der Waals surface area contributed by atoms with Crippen LogP contribution in [-0.4, -0.2) is 48.6 Å². The van der Waals surface area contributed by atoms with Crippen molar-refractivity contribution in [3.8, 4) is 0 Å². The van der Waals surface area contributed by atoms with Crippen LogP contribution in [0.4, 0.5) is 4.39 Å². The molecule has 1 fully saturated rings. The summed E-state index contributed by atoms with van der Waals surface area (Å²) in [4.78, 5) is 4.75. The van der Waals surface area contributed by atoms with Crippen LogP contribution in [0.2, 0.25) is 5.02 Å². The first-order valence-electron chi connectivity index (χ1n) is 7.73. The highest BCUT2D eigenvalue weighted by Crippen LogP contribution is 2.29. The first kappa shape index (κ1) is 16.7. The van der Waals surface area contributed by atoms with Gasteiger partial charge in [0.1, 0.15) is 5.82 Å². The van der Waals surface area contributed by atoms with Gasteiger partial charge in [-0.2, -0.15) is 0 Å². The van der Waals surface area contributed by atoms with E-state index in [9.17, 15) is 4.39 Å². The third-order valence-electron chi connectivity index (χ3n) is 4.50. The van der Waals surface area contributed by atoms with Crippen molar-refractivity contribution >= 4 is 11.6 Å². The molecule has 1 aliphatic heterocycles. The highest BCUT2D eigenvalue weighted by atomic mass is 35.5. The molecule has 0 radical (unpaired) electrons. The highest BCUT2D eigenvalue weighted by Gasteiger charge is 2.31. The molecule has 1 saturated heterocycles. The maximum atomic E-state index is 14.1. The maximum Gasteiger partial charge on any atom is 0.128 e. The lowest BCUT2D eigenvalue weighted by Crippen LogP contribution is -2.39. The number of rotatable bonds is 6. The number of halogens is 2. The summed E-state index contributed by atoms with van der Waals surface area (Å²) in [6, 6.07) is 5.16. The fraction of sp³-hybridized carbons (Fsp3) is 0.625. The van der Waals surface area contributed by atoms with Gasteiger partial charge in [-0.1, -0.05) is 25.4 Å². The Morgan fingerprint density at radius 1 is 1.43 bits per heavy atom. The van der Waals surface area contributed by atoms with Crippen LogP contribution in [0.3, 0.4) is 0 Å². The molecule has 0 aliphatic carbocycles. The Morgan fingerprint density at radius 2 is 2.14 bits per heavy atom. The molecule has 21 heavy (non-hydrogen) atoms. The van der Waals surface area contributed by atoms with Crippen molar-refractivity contribution in [1.29, 1.82) is 0 Å². The van der Waals surface area contributed by atoms with E-state index in [4.69, 9.17) is 17.3 Å². The molecule has 0 amide bonds. The minimum atomic E-state index is -0.221. The lowest BCUT2D eigenvalue weighted by molar-refractivity contribution is 0.188. The Morgan fingerprint density at radius 3 is 2.76 bits per heavy atom. The fourth-order valence-electron chi connectivity index (χ4n) is 3.33. The second-order valence-corrected chi connectivity index (χ2v) is 6.01. The van der Waals surface area contributed by atoms with Crippen LogP contribution < -0.4 is 5.73 Å². The van der Waals surface area contributed by atoms with Crippen LogP contribution in [0.15, 0.2) is 18.2 Å². The quantitative estimate of drug-likeness (QED) is 0.876. The third-order valence-corrected chi connectivity index (χ3v) is 4.74. The van der Waals surface area contributed by atoms with Crippen molar-refractivity contribution in [2.75, 3.05) is 32.7 Å². The van der Waals surface area contributed by atoms with E-state index in [1.54, 1.807) is 12.1 Å². The van der Waals surface area contributed by atoms with Crippen LogP contribution in [0, 0.1) is 5.82 Å². The van der Waals surface area contributed by atoms with Gasteiger partial charge in [-0.25, -0.2) is 4.39 Å². The van der Waals surface area contributed by atoms with Gasteiger partial charge in [-0.15, -0.1) is 0 Å². The van der Waals surface area contributed by atoms with Gasteiger partial charge in [0.2, 0.25) is 0 Å². The summed E-state index contributed by atoms with van der Waals surface area (Å²) in [6.07, 6.45) is 1.11. The van der Waals surface area contributed by atoms with Crippen LogP contribution in [-0.2, 0) is 0 Å². The standard InChI is InChI=1S/C16H25ClFN3/c1-3-20(4-2)13-7-8-21(11-13)16(10-19)14-9-12(17)5-6-15(14)18/h5-6,9,13,16H,3-4,7-8,10-11,19H2,1-2H3. The molecule has 2 unspecified atom stereocenters. The van der Waals surface area contributed by atoms with Crippen LogP contribution >= 0.6 is 11.6 Å². The highest BCUT2D eigenvalue weighted by molar-refractivity contribution is 6.30. The number of nitrogens with zero attached hydrogens (tertiary/aromatic N) is 2. The van der Waals surface area contributed by atoms with Crippen LogP contribution in [0.5, 0.6) is 0 Å². The van der Waals surface area contributed by atoms with Crippen molar-refractivity contribution in [3.05, 3.63) is 34.6 Å². The second-order valence-electron chi connectivity index (χ2n) is 5.58. The Labute approximate surface area is 131 Å². The molecule has 0 bridgehead atoms. The number of hydrogen-bond donors (Lipinski definition) is 1. The van der Waals surface area contributed by atoms with Gasteiger partial charge >= 0.3 is 0 Å². The van der Waals surface area contributed by atoms with E-state index < -0.39 is 0 Å². The van der Waals surface area contributed by atoms with E-state index in [-0.39, 0.29) is 11.9 Å². The smallest absolute Gasteiger partial charge is 0.128 e. The maximum absolute atomic E-state index is 14.1. The number of likely N-dealkylation sites (N-methyl/N-ethyl adjacent to an activating group) is 1. The van der Waals surface area contributed by atoms with Gasteiger partial charge in [0, 0.05) is 36.3 Å². The Kier molecular flexibility index (Phi) is 5.99. The van der Waals surface area contributed by atoms with E-state index in [1.165, 1.54) is 6.07 Å². The Bertz CT molecular complexity index is 465. The molecule has 0 aromatic heterocycles. The van der Waals surface area contributed by atoms with Crippen molar-refractivity contribution in [2.24, 2.45) is 5.73 Å². The monoisotopic (exact) mass is 313 g/mol. The molecule has 118 valence electrons. The predicted molar refractivity (Wildman–Crippen MR) is 86.1 cm³/mol. The molecule has 1 heterocycles. The zero-order valence-electron chi connectivity index (χ0n) is 12.9. The van der Waals surface area contributed by atoms with E-state index >= 15 is 0 Å². The normalized spacial score (nSPS) is 21.1. The molecule has 2 rings (SSSR count). The largest absolute Gasteiger partial charge is 0.329 e. The van der Waals surface area contributed by atoms with E-state index in [0.29, 0.717) is 23.2 Å². The van der Waals surface area contributed by atoms with Crippen molar-refractivity contribution in [1.82, 2.24) is 9.80 Å². The summed E-state index contributed by atoms with van der Waals surface area (Å²) in [5.41, 5.74) is 6.54. The fourth-order valence-corrected chi connectivity index (χ4v) is 3.51. The topological polar surface area (TPSA) is 32.5 Å². The Hall–Kier alpha value is -0.680. The number of nitrogens with two attached hydrogens (primary N) is 1. The number of likely N-dealkylation sites (tertiary alicyclic amines) is 1. The predicted octanol–water partition coefficient (Wildman–Crippen LogP) is 2.90. The molecular weight excluding hydrogens is 289 g/mol. The summed E-state index contributed by atoms with van der Waals surface area (Å²) >= 11 is 6.01. The van der Waals surface area contributed by atoms with E-state index in [2.05, 4.69) is 23.6 Å². The first-order valence-corrected chi connectivity index (χ1v) is 8.11. The first-order chi connectivity index (χ1) is 10.1. The molecule has 0 saturated carbocycles. The molecule has 1 aromatic rings. The molecule has 2 atom stereocenters. The number of hydrogen-bond acceptors (Lipinski definition) is 3. The Balaban J connectivity index is 2.14. The van der Waals surface area contributed by atoms with Gasteiger partial charge in [-0.05, 0) is 37.7 Å². The minimum Gasteiger partial charge on any atom is -0.329 e. The summed E-state index contributed by atoms with van der Waals surface area (Å²) in [7, 11) is 0. The molecule has 1 aliphatic rings. The third kappa shape index (κ3) is 3.75. The lowest BCUT2D eigenvalue weighted by atomic mass is 10.0. The molecule has 3 nitrogen and oxygen atoms in total. The van der Waals surface area contributed by atoms with E-state index in [1.807, 2.05) is 0 Å². The average Bonchev–Trinajstić information content (AvgIpc) is 2.94. The van der Waals surface area contributed by atoms with Crippen molar-refractivity contribution < 1.29 is 4.39 Å². The van der Waals surface area contributed by atoms with Crippen LogP contribution in [0.25, 0.3) is 0 Å². The van der Waals surface area contributed by atoms with Gasteiger partial charge < -0.3 is 5.73 Å². The molecular formula is C16H25ClFN3. The van der Waals surface area contributed by atoms with Crippen molar-refractivity contribution in [2.45, 2.75) is 32.4 Å². The van der Waals surface area contributed by atoms with Gasteiger partial charge in [-0.3, -0.25) is 9.80 Å². The zero-order chi connectivity index (χ0) is 15.4. The van der Waals surface area contributed by atoms with Gasteiger partial charge in [0.15, 0.2) is 0 Å². The summed E-state index contributed by atoms with van der Waals surface area (Å²) < 4.78 is 14.1. The summed E-state index contributed by atoms with van der Waals surface area (Å²) in [6.45, 7) is 8.76. The second kappa shape index (κ2) is 7.54. The summed E-state index contributed by atoms with van der Waals surface area (Å²) in [5, 5.41) is 0.560. The average molecular weight is 314 g/mol. The lowest BCUT2D eigenvalue weighted by Gasteiger charge is -2.30. The minimum absolute atomic E-state index is 0.0933. The van der Waals surface area contributed by atoms with E-state index in [0.717, 1.165) is 32.6 Å². The van der Waals surface area contributed by atoms with Gasteiger partial charge in [0.05, 0.1) is 6.04 Å². The zero-order valence-corrected chi connectivity index (χ0v) is 13.6. The van der Waals surface area contributed by atoms with Crippen molar-refractivity contribution in [3.63, 3.8) is 0 Å². The molecule has 5 heteroatoms.